The molecular formula is C20H18N4OS. The Balaban J connectivity index is 2.40. The molecule has 0 atom stereocenters. The summed E-state index contributed by atoms with van der Waals surface area (Å²) in [5, 5.41) is 12.3. The van der Waals surface area contributed by atoms with Crippen molar-refractivity contribution in [2.24, 2.45) is 0 Å². The van der Waals surface area contributed by atoms with E-state index in [-0.39, 0.29) is 11.4 Å². The van der Waals surface area contributed by atoms with Gasteiger partial charge >= 0.3 is 0 Å². The molecule has 5 nitrogen and oxygen atoms in total. The molecule has 0 unspecified atom stereocenters. The lowest BCUT2D eigenvalue weighted by atomic mass is 10.1. The van der Waals surface area contributed by atoms with Crippen molar-refractivity contribution < 1.29 is 0 Å². The molecule has 130 valence electrons. The minimum atomic E-state index is -0.403. The summed E-state index contributed by atoms with van der Waals surface area (Å²) in [5.41, 5.74) is 3.21. The molecule has 0 saturated carbocycles. The van der Waals surface area contributed by atoms with Gasteiger partial charge in [-0.25, -0.2) is 4.98 Å². The van der Waals surface area contributed by atoms with Gasteiger partial charge < -0.3 is 5.32 Å². The molecule has 6 heteroatoms. The number of nitrogens with one attached hydrogen (secondary N) is 1. The van der Waals surface area contributed by atoms with Crippen molar-refractivity contribution in [3.05, 3.63) is 69.5 Å². The summed E-state index contributed by atoms with van der Waals surface area (Å²) in [6.45, 7) is 4.00. The van der Waals surface area contributed by atoms with Crippen LogP contribution in [0, 0.1) is 25.2 Å². The van der Waals surface area contributed by atoms with Crippen LogP contribution in [0.5, 0.6) is 0 Å². The maximum absolute atomic E-state index is 13.1. The van der Waals surface area contributed by atoms with Gasteiger partial charge in [0.15, 0.2) is 11.4 Å². The lowest BCUT2D eigenvalue weighted by Gasteiger charge is -2.16. The Hall–Kier alpha value is -3.04. The highest BCUT2D eigenvalue weighted by Gasteiger charge is 2.18. The van der Waals surface area contributed by atoms with Gasteiger partial charge in [0.1, 0.15) is 11.9 Å². The summed E-state index contributed by atoms with van der Waals surface area (Å²) in [6, 6.07) is 15.1. The number of benzene rings is 2. The van der Waals surface area contributed by atoms with Crippen LogP contribution in [0.3, 0.4) is 0 Å². The molecule has 0 fully saturated rings. The van der Waals surface area contributed by atoms with Crippen molar-refractivity contribution >= 4 is 18.4 Å². The highest BCUT2D eigenvalue weighted by molar-refractivity contribution is 7.80. The van der Waals surface area contributed by atoms with Gasteiger partial charge in [-0.1, -0.05) is 18.2 Å². The number of rotatable bonds is 3. The first kappa shape index (κ1) is 17.8. The number of aromatic nitrogens is 2. The first-order valence-corrected chi connectivity index (χ1v) is 8.53. The van der Waals surface area contributed by atoms with Crippen LogP contribution in [-0.4, -0.2) is 16.6 Å². The molecule has 0 aliphatic heterocycles. The molecule has 3 aromatic rings. The molecule has 0 radical (unpaired) electrons. The third-order valence-electron chi connectivity index (χ3n) is 4.31. The number of hydrogen-bond donors (Lipinski definition) is 2. The summed E-state index contributed by atoms with van der Waals surface area (Å²) in [7, 11) is 1.64. The fourth-order valence-corrected chi connectivity index (χ4v) is 2.86. The standard InChI is InChI=1S/C20H18N4OS/c1-12-4-7-15(10-13(12)2)24-19(14-5-8-16(26)9-6-14)23-18(22-3)17(11-21)20(24)25/h4-10,22,26H,1-3H3. The van der Waals surface area contributed by atoms with Crippen molar-refractivity contribution in [2.45, 2.75) is 18.7 Å². The van der Waals surface area contributed by atoms with E-state index in [1.54, 1.807) is 7.05 Å². The zero-order chi connectivity index (χ0) is 18.8. The predicted octanol–water partition coefficient (Wildman–Crippen LogP) is 3.72. The lowest BCUT2D eigenvalue weighted by molar-refractivity contribution is 0.939. The van der Waals surface area contributed by atoms with E-state index in [2.05, 4.69) is 22.9 Å². The van der Waals surface area contributed by atoms with Crippen LogP contribution >= 0.6 is 12.6 Å². The van der Waals surface area contributed by atoms with Gasteiger partial charge in [-0.3, -0.25) is 9.36 Å². The summed E-state index contributed by atoms with van der Waals surface area (Å²) in [6.07, 6.45) is 0. The SMILES string of the molecule is CNc1nc(-c2ccc(S)cc2)n(-c2ccc(C)c(C)c2)c(=O)c1C#N. The van der Waals surface area contributed by atoms with E-state index in [4.69, 9.17) is 0 Å². The molecule has 0 aliphatic carbocycles. The fourth-order valence-electron chi connectivity index (χ4n) is 2.71. The van der Waals surface area contributed by atoms with Gasteiger partial charge in [0, 0.05) is 17.5 Å². The average molecular weight is 362 g/mol. The largest absolute Gasteiger partial charge is 0.372 e. The van der Waals surface area contributed by atoms with E-state index in [9.17, 15) is 10.1 Å². The van der Waals surface area contributed by atoms with Crippen LogP contribution in [0.15, 0.2) is 52.2 Å². The second-order valence-corrected chi connectivity index (χ2v) is 6.49. The van der Waals surface area contributed by atoms with Gasteiger partial charge in [0.25, 0.3) is 5.56 Å². The number of anilines is 1. The molecule has 3 rings (SSSR count). The van der Waals surface area contributed by atoms with E-state index >= 15 is 0 Å². The zero-order valence-electron chi connectivity index (χ0n) is 14.7. The molecule has 2 aromatic carbocycles. The highest BCUT2D eigenvalue weighted by Crippen LogP contribution is 2.24. The average Bonchev–Trinajstić information content (AvgIpc) is 2.64. The second kappa shape index (κ2) is 7.06. The van der Waals surface area contributed by atoms with Crippen molar-refractivity contribution in [3.8, 4) is 23.1 Å². The van der Waals surface area contributed by atoms with Crippen molar-refractivity contribution in [3.63, 3.8) is 0 Å². The highest BCUT2D eigenvalue weighted by atomic mass is 32.1. The van der Waals surface area contributed by atoms with E-state index in [1.165, 1.54) is 4.57 Å². The fraction of sp³-hybridized carbons (Fsp3) is 0.150. The number of hydrogen-bond acceptors (Lipinski definition) is 5. The maximum Gasteiger partial charge on any atom is 0.278 e. The third kappa shape index (κ3) is 3.09. The molecule has 26 heavy (non-hydrogen) atoms. The Kier molecular flexibility index (Phi) is 4.83. The number of nitrogens with zero attached hydrogens (tertiary/aromatic N) is 3. The zero-order valence-corrected chi connectivity index (χ0v) is 15.6. The first-order valence-electron chi connectivity index (χ1n) is 8.08. The molecule has 0 bridgehead atoms. The third-order valence-corrected chi connectivity index (χ3v) is 4.60. The van der Waals surface area contributed by atoms with Crippen LogP contribution < -0.4 is 10.9 Å². The van der Waals surface area contributed by atoms with Crippen molar-refractivity contribution in [1.29, 1.82) is 5.26 Å². The Morgan fingerprint density at radius 2 is 1.81 bits per heavy atom. The van der Waals surface area contributed by atoms with Gasteiger partial charge in [-0.2, -0.15) is 5.26 Å². The molecule has 0 amide bonds. The van der Waals surface area contributed by atoms with E-state index < -0.39 is 5.56 Å². The molecule has 1 aromatic heterocycles. The second-order valence-electron chi connectivity index (χ2n) is 5.98. The number of aryl methyl sites for hydroxylation is 2. The van der Waals surface area contributed by atoms with Crippen LogP contribution in [0.25, 0.3) is 17.1 Å². The molecule has 0 aliphatic rings. The quantitative estimate of drug-likeness (QED) is 0.697. The first-order chi connectivity index (χ1) is 12.5. The summed E-state index contributed by atoms with van der Waals surface area (Å²) >= 11 is 4.31. The normalized spacial score (nSPS) is 10.4. The van der Waals surface area contributed by atoms with Gasteiger partial charge in [0.2, 0.25) is 0 Å². The maximum atomic E-state index is 13.1. The van der Waals surface area contributed by atoms with Crippen LogP contribution in [0.1, 0.15) is 16.7 Å². The predicted molar refractivity (Wildman–Crippen MR) is 106 cm³/mol. The van der Waals surface area contributed by atoms with Crippen LogP contribution in [-0.2, 0) is 0 Å². The number of thiol groups is 1. The number of nitriles is 1. The summed E-state index contributed by atoms with van der Waals surface area (Å²) in [4.78, 5) is 18.5. The summed E-state index contributed by atoms with van der Waals surface area (Å²) < 4.78 is 1.49. The van der Waals surface area contributed by atoms with Crippen molar-refractivity contribution in [1.82, 2.24) is 9.55 Å². The van der Waals surface area contributed by atoms with E-state index in [0.717, 1.165) is 21.6 Å². The van der Waals surface area contributed by atoms with Gasteiger partial charge in [0.05, 0.1) is 5.69 Å². The summed E-state index contributed by atoms with van der Waals surface area (Å²) in [5.74, 6) is 0.734. The topological polar surface area (TPSA) is 70.7 Å². The molecule has 1 heterocycles. The Morgan fingerprint density at radius 3 is 2.38 bits per heavy atom. The molecule has 1 N–H and O–H groups in total. The minimum Gasteiger partial charge on any atom is -0.372 e. The minimum absolute atomic E-state index is 0.0136. The van der Waals surface area contributed by atoms with Gasteiger partial charge in [-0.15, -0.1) is 12.6 Å². The van der Waals surface area contributed by atoms with Crippen LogP contribution in [0.2, 0.25) is 0 Å². The van der Waals surface area contributed by atoms with Gasteiger partial charge in [-0.05, 0) is 49.2 Å². The molecule has 0 saturated heterocycles. The van der Waals surface area contributed by atoms with E-state index in [0.29, 0.717) is 11.5 Å². The smallest absolute Gasteiger partial charge is 0.278 e. The lowest BCUT2D eigenvalue weighted by Crippen LogP contribution is -2.26. The Bertz CT molecular complexity index is 1080. The molecule has 0 spiro atoms. The molecular weight excluding hydrogens is 344 g/mol. The monoisotopic (exact) mass is 362 g/mol. The van der Waals surface area contributed by atoms with E-state index in [1.807, 2.05) is 62.4 Å². The van der Waals surface area contributed by atoms with Crippen molar-refractivity contribution in [2.75, 3.05) is 12.4 Å². The Labute approximate surface area is 157 Å². The Morgan fingerprint density at radius 1 is 1.12 bits per heavy atom. The van der Waals surface area contributed by atoms with Crippen LogP contribution in [0.4, 0.5) is 5.82 Å².